The van der Waals surface area contributed by atoms with Gasteiger partial charge in [-0.05, 0) is 24.3 Å². The monoisotopic (exact) mass is 266 g/mol. The normalized spacial score (nSPS) is 9.60. The summed E-state index contributed by atoms with van der Waals surface area (Å²) in [4.78, 5) is 23.7. The van der Waals surface area contributed by atoms with E-state index in [1.807, 2.05) is 12.1 Å². The SMILES string of the molecule is C=C(NC(=O)c1ccccc1)C(=O)Nc1ccccc1. The number of hydrogen-bond donors (Lipinski definition) is 2. The van der Waals surface area contributed by atoms with Crippen LogP contribution in [0.15, 0.2) is 72.9 Å². The highest BCUT2D eigenvalue weighted by Crippen LogP contribution is 2.06. The molecule has 0 fully saturated rings. The van der Waals surface area contributed by atoms with Crippen LogP contribution in [0, 0.1) is 0 Å². The van der Waals surface area contributed by atoms with E-state index in [2.05, 4.69) is 17.2 Å². The van der Waals surface area contributed by atoms with Gasteiger partial charge in [-0.2, -0.15) is 0 Å². The Morgan fingerprint density at radius 3 is 2.00 bits per heavy atom. The van der Waals surface area contributed by atoms with Gasteiger partial charge in [0.05, 0.1) is 5.70 Å². The van der Waals surface area contributed by atoms with Crippen molar-refractivity contribution in [3.63, 3.8) is 0 Å². The smallest absolute Gasteiger partial charge is 0.271 e. The Morgan fingerprint density at radius 1 is 0.850 bits per heavy atom. The highest BCUT2D eigenvalue weighted by molar-refractivity contribution is 6.07. The molecular formula is C16H14N2O2. The van der Waals surface area contributed by atoms with Crippen LogP contribution in [0.2, 0.25) is 0 Å². The number of rotatable bonds is 4. The maximum Gasteiger partial charge on any atom is 0.271 e. The largest absolute Gasteiger partial charge is 0.321 e. The molecule has 0 unspecified atom stereocenters. The van der Waals surface area contributed by atoms with Gasteiger partial charge < -0.3 is 10.6 Å². The van der Waals surface area contributed by atoms with Crippen molar-refractivity contribution in [1.29, 1.82) is 0 Å². The summed E-state index contributed by atoms with van der Waals surface area (Å²) in [6, 6.07) is 17.6. The van der Waals surface area contributed by atoms with Crippen LogP contribution in [-0.4, -0.2) is 11.8 Å². The molecule has 0 aliphatic heterocycles. The number of carbonyl (C=O) groups is 2. The zero-order valence-corrected chi connectivity index (χ0v) is 10.8. The van der Waals surface area contributed by atoms with Gasteiger partial charge in [-0.3, -0.25) is 9.59 Å². The first-order chi connectivity index (χ1) is 9.66. The van der Waals surface area contributed by atoms with E-state index in [4.69, 9.17) is 0 Å². The minimum Gasteiger partial charge on any atom is -0.321 e. The standard InChI is InChI=1S/C16H14N2O2/c1-12(15(19)18-14-10-6-3-7-11-14)17-16(20)13-8-4-2-5-9-13/h2-11H,1H2,(H,17,20)(H,18,19). The molecule has 0 saturated heterocycles. The highest BCUT2D eigenvalue weighted by atomic mass is 16.2. The van der Waals surface area contributed by atoms with Gasteiger partial charge in [-0.1, -0.05) is 43.0 Å². The topological polar surface area (TPSA) is 58.2 Å². The Labute approximate surface area is 117 Å². The minimum absolute atomic E-state index is 0.00251. The molecular weight excluding hydrogens is 252 g/mol. The third kappa shape index (κ3) is 3.55. The van der Waals surface area contributed by atoms with Gasteiger partial charge in [-0.15, -0.1) is 0 Å². The number of para-hydroxylation sites is 1. The second-order valence-corrected chi connectivity index (χ2v) is 4.12. The zero-order chi connectivity index (χ0) is 14.4. The van der Waals surface area contributed by atoms with Gasteiger partial charge in [0, 0.05) is 11.3 Å². The lowest BCUT2D eigenvalue weighted by Gasteiger charge is -2.09. The van der Waals surface area contributed by atoms with E-state index >= 15 is 0 Å². The molecule has 0 spiro atoms. The van der Waals surface area contributed by atoms with E-state index in [0.717, 1.165) is 0 Å². The van der Waals surface area contributed by atoms with E-state index in [0.29, 0.717) is 11.3 Å². The van der Waals surface area contributed by atoms with Crippen LogP contribution in [0.4, 0.5) is 5.69 Å². The molecule has 100 valence electrons. The predicted octanol–water partition coefficient (Wildman–Crippen LogP) is 2.57. The van der Waals surface area contributed by atoms with Crippen molar-refractivity contribution in [1.82, 2.24) is 5.32 Å². The van der Waals surface area contributed by atoms with Gasteiger partial charge in [-0.25, -0.2) is 0 Å². The fourth-order valence-electron chi connectivity index (χ4n) is 1.58. The number of carbonyl (C=O) groups excluding carboxylic acids is 2. The van der Waals surface area contributed by atoms with Crippen LogP contribution in [0.5, 0.6) is 0 Å². The summed E-state index contributed by atoms with van der Waals surface area (Å²) in [5.41, 5.74) is 1.12. The molecule has 0 radical (unpaired) electrons. The molecule has 0 bridgehead atoms. The van der Waals surface area contributed by atoms with Crippen molar-refractivity contribution in [2.24, 2.45) is 0 Å². The van der Waals surface area contributed by atoms with Gasteiger partial charge in [0.25, 0.3) is 11.8 Å². The Morgan fingerprint density at radius 2 is 1.40 bits per heavy atom. The summed E-state index contributed by atoms with van der Waals surface area (Å²) in [5.74, 6) is -0.806. The third-order valence-electron chi connectivity index (χ3n) is 2.61. The lowest BCUT2D eigenvalue weighted by molar-refractivity contribution is -0.113. The molecule has 0 aliphatic rings. The lowest BCUT2D eigenvalue weighted by Crippen LogP contribution is -2.30. The summed E-state index contributed by atoms with van der Waals surface area (Å²) in [7, 11) is 0. The number of benzene rings is 2. The molecule has 0 saturated carbocycles. The molecule has 4 nitrogen and oxygen atoms in total. The van der Waals surface area contributed by atoms with Crippen molar-refractivity contribution in [2.45, 2.75) is 0 Å². The van der Waals surface area contributed by atoms with Crippen molar-refractivity contribution in [2.75, 3.05) is 5.32 Å². The molecule has 0 aliphatic carbocycles. The quantitative estimate of drug-likeness (QED) is 0.836. The van der Waals surface area contributed by atoms with Crippen molar-refractivity contribution >= 4 is 17.5 Å². The van der Waals surface area contributed by atoms with Crippen molar-refractivity contribution in [3.05, 3.63) is 78.5 Å². The fraction of sp³-hybridized carbons (Fsp3) is 0. The van der Waals surface area contributed by atoms with E-state index < -0.39 is 5.91 Å². The van der Waals surface area contributed by atoms with Gasteiger partial charge in [0.15, 0.2) is 0 Å². The summed E-state index contributed by atoms with van der Waals surface area (Å²) >= 11 is 0. The molecule has 2 aromatic rings. The van der Waals surface area contributed by atoms with Crippen LogP contribution in [0.1, 0.15) is 10.4 Å². The lowest BCUT2D eigenvalue weighted by atomic mass is 10.2. The summed E-state index contributed by atoms with van der Waals surface area (Å²) < 4.78 is 0. The number of hydrogen-bond acceptors (Lipinski definition) is 2. The molecule has 4 heteroatoms. The number of anilines is 1. The summed E-state index contributed by atoms with van der Waals surface area (Å²) in [6.45, 7) is 3.57. The highest BCUT2D eigenvalue weighted by Gasteiger charge is 2.11. The second kappa shape index (κ2) is 6.33. The molecule has 2 N–H and O–H groups in total. The Balaban J connectivity index is 1.95. The van der Waals surface area contributed by atoms with Gasteiger partial charge >= 0.3 is 0 Å². The van der Waals surface area contributed by atoms with E-state index in [1.54, 1.807) is 48.5 Å². The fourth-order valence-corrected chi connectivity index (χ4v) is 1.58. The Hall–Kier alpha value is -2.88. The first-order valence-electron chi connectivity index (χ1n) is 6.08. The Kier molecular flexibility index (Phi) is 4.29. The van der Waals surface area contributed by atoms with Crippen LogP contribution >= 0.6 is 0 Å². The molecule has 0 aromatic heterocycles. The zero-order valence-electron chi connectivity index (χ0n) is 10.8. The maximum atomic E-state index is 11.9. The first-order valence-corrected chi connectivity index (χ1v) is 6.08. The van der Waals surface area contributed by atoms with Crippen LogP contribution < -0.4 is 10.6 Å². The molecule has 2 aromatic carbocycles. The number of nitrogens with one attached hydrogen (secondary N) is 2. The van der Waals surface area contributed by atoms with Crippen molar-refractivity contribution < 1.29 is 9.59 Å². The van der Waals surface area contributed by atoms with Crippen LogP contribution in [-0.2, 0) is 4.79 Å². The first kappa shape index (κ1) is 13.5. The van der Waals surface area contributed by atoms with E-state index in [9.17, 15) is 9.59 Å². The molecule has 2 amide bonds. The average molecular weight is 266 g/mol. The van der Waals surface area contributed by atoms with Crippen molar-refractivity contribution in [3.8, 4) is 0 Å². The molecule has 2 rings (SSSR count). The van der Waals surface area contributed by atoms with Crippen LogP contribution in [0.3, 0.4) is 0 Å². The Bertz CT molecular complexity index is 621. The van der Waals surface area contributed by atoms with Crippen LogP contribution in [0.25, 0.3) is 0 Å². The van der Waals surface area contributed by atoms with E-state index in [-0.39, 0.29) is 11.6 Å². The predicted molar refractivity (Wildman–Crippen MR) is 78.1 cm³/mol. The molecule has 0 heterocycles. The number of amides is 2. The second-order valence-electron chi connectivity index (χ2n) is 4.12. The third-order valence-corrected chi connectivity index (χ3v) is 2.61. The average Bonchev–Trinajstić information content (AvgIpc) is 2.49. The summed E-state index contributed by atoms with van der Waals surface area (Å²) in [5, 5.41) is 5.12. The van der Waals surface area contributed by atoms with Gasteiger partial charge in [0.2, 0.25) is 0 Å². The van der Waals surface area contributed by atoms with Gasteiger partial charge in [0.1, 0.15) is 0 Å². The molecule has 0 atom stereocenters. The molecule has 20 heavy (non-hydrogen) atoms. The summed E-state index contributed by atoms with van der Waals surface area (Å²) in [6.07, 6.45) is 0. The minimum atomic E-state index is -0.444. The maximum absolute atomic E-state index is 11.9. The van der Waals surface area contributed by atoms with E-state index in [1.165, 1.54) is 0 Å².